The van der Waals surface area contributed by atoms with E-state index in [9.17, 15) is 9.59 Å². The normalized spacial score (nSPS) is 13.1. The van der Waals surface area contributed by atoms with E-state index in [0.717, 1.165) is 17.7 Å². The Kier molecular flexibility index (Phi) is 3.94. The third kappa shape index (κ3) is 2.87. The molecule has 1 aliphatic rings. The summed E-state index contributed by atoms with van der Waals surface area (Å²) in [6.45, 7) is 0.684. The van der Waals surface area contributed by atoms with Crippen molar-refractivity contribution in [2.24, 2.45) is 0 Å². The molecule has 0 aromatic heterocycles. The molecule has 0 saturated heterocycles. The number of carbonyl (C=O) groups excluding carboxylic acids is 2. The van der Waals surface area contributed by atoms with Gasteiger partial charge in [0.25, 0.3) is 5.91 Å². The van der Waals surface area contributed by atoms with Crippen molar-refractivity contribution in [3.63, 3.8) is 0 Å². The maximum atomic E-state index is 11.8. The Morgan fingerprint density at radius 1 is 1.39 bits per heavy atom. The van der Waals surface area contributed by atoms with Crippen LogP contribution in [-0.2, 0) is 11.2 Å². The molecule has 18 heavy (non-hydrogen) atoms. The predicted molar refractivity (Wildman–Crippen MR) is 67.4 cm³/mol. The average Bonchev–Trinajstić information content (AvgIpc) is 2.73. The van der Waals surface area contributed by atoms with E-state index >= 15 is 0 Å². The first-order chi connectivity index (χ1) is 8.70. The molecule has 1 aromatic carbocycles. The van der Waals surface area contributed by atoms with Crippen molar-refractivity contribution in [3.8, 4) is 0 Å². The molecule has 5 nitrogen and oxygen atoms in total. The number of carbonyl (C=O) groups is 2. The second kappa shape index (κ2) is 5.64. The number of hydrogen-bond donors (Lipinski definition) is 3. The third-order valence-corrected chi connectivity index (χ3v) is 2.87. The van der Waals surface area contributed by atoms with Gasteiger partial charge < -0.3 is 15.7 Å². The lowest BCUT2D eigenvalue weighted by molar-refractivity contribution is -0.115. The van der Waals surface area contributed by atoms with Gasteiger partial charge in [-0.2, -0.15) is 0 Å². The number of nitrogens with one attached hydrogen (secondary N) is 2. The summed E-state index contributed by atoms with van der Waals surface area (Å²) in [6, 6.07) is 5.22. The molecular weight excluding hydrogens is 232 g/mol. The summed E-state index contributed by atoms with van der Waals surface area (Å²) in [5.74, 6) is -0.192. The van der Waals surface area contributed by atoms with Crippen molar-refractivity contribution in [1.29, 1.82) is 0 Å². The van der Waals surface area contributed by atoms with E-state index in [4.69, 9.17) is 5.11 Å². The molecule has 1 aromatic rings. The minimum absolute atomic E-state index is 0.0366. The van der Waals surface area contributed by atoms with Crippen LogP contribution in [0.4, 0.5) is 5.69 Å². The SMILES string of the molecule is O=C1Cc2ccc(C(=O)NCCCCO)cc2N1. The molecule has 5 heteroatoms. The summed E-state index contributed by atoms with van der Waals surface area (Å²) in [4.78, 5) is 23.0. The Hall–Kier alpha value is -1.88. The maximum Gasteiger partial charge on any atom is 0.251 e. The van der Waals surface area contributed by atoms with Crippen LogP contribution in [0.3, 0.4) is 0 Å². The van der Waals surface area contributed by atoms with Crippen LogP contribution < -0.4 is 10.6 Å². The van der Waals surface area contributed by atoms with Gasteiger partial charge >= 0.3 is 0 Å². The number of benzene rings is 1. The summed E-state index contributed by atoms with van der Waals surface area (Å²) in [7, 11) is 0. The highest BCUT2D eigenvalue weighted by Crippen LogP contribution is 2.23. The quantitative estimate of drug-likeness (QED) is 0.671. The molecule has 0 spiro atoms. The van der Waals surface area contributed by atoms with Gasteiger partial charge in [-0.1, -0.05) is 6.07 Å². The summed E-state index contributed by atoms with van der Waals surface area (Å²) in [6.07, 6.45) is 1.82. The highest BCUT2D eigenvalue weighted by Gasteiger charge is 2.18. The zero-order chi connectivity index (χ0) is 13.0. The van der Waals surface area contributed by atoms with Gasteiger partial charge in [-0.15, -0.1) is 0 Å². The molecule has 0 unspecified atom stereocenters. The second-order valence-corrected chi connectivity index (χ2v) is 4.28. The molecule has 0 fully saturated rings. The fourth-order valence-corrected chi connectivity index (χ4v) is 1.90. The average molecular weight is 248 g/mol. The standard InChI is InChI=1S/C13H16N2O3/c16-6-2-1-5-14-13(18)10-4-3-9-8-12(17)15-11(9)7-10/h3-4,7,16H,1-2,5-6,8H2,(H,14,18)(H,15,17). The molecule has 2 rings (SSSR count). The molecular formula is C13H16N2O3. The third-order valence-electron chi connectivity index (χ3n) is 2.87. The minimum Gasteiger partial charge on any atom is -0.396 e. The van der Waals surface area contributed by atoms with E-state index in [2.05, 4.69) is 10.6 Å². The lowest BCUT2D eigenvalue weighted by Gasteiger charge is -2.06. The molecule has 96 valence electrons. The first kappa shape index (κ1) is 12.6. The smallest absolute Gasteiger partial charge is 0.251 e. The summed E-state index contributed by atoms with van der Waals surface area (Å²) < 4.78 is 0. The number of aliphatic hydroxyl groups excluding tert-OH is 1. The van der Waals surface area contributed by atoms with Crippen LogP contribution >= 0.6 is 0 Å². The predicted octanol–water partition coefficient (Wildman–Crippen LogP) is 0.683. The van der Waals surface area contributed by atoms with Crippen LogP contribution in [0.5, 0.6) is 0 Å². The number of rotatable bonds is 5. The van der Waals surface area contributed by atoms with E-state index in [1.54, 1.807) is 18.2 Å². The molecule has 1 heterocycles. The van der Waals surface area contributed by atoms with Crippen molar-refractivity contribution in [1.82, 2.24) is 5.32 Å². The second-order valence-electron chi connectivity index (χ2n) is 4.28. The molecule has 0 atom stereocenters. The zero-order valence-corrected chi connectivity index (χ0v) is 10.0. The van der Waals surface area contributed by atoms with Gasteiger partial charge in [-0.3, -0.25) is 9.59 Å². The van der Waals surface area contributed by atoms with E-state index in [0.29, 0.717) is 24.9 Å². The van der Waals surface area contributed by atoms with Gasteiger partial charge in [0.2, 0.25) is 5.91 Å². The van der Waals surface area contributed by atoms with Crippen LogP contribution in [-0.4, -0.2) is 30.1 Å². The van der Waals surface area contributed by atoms with Gasteiger partial charge in [0.05, 0.1) is 6.42 Å². The largest absolute Gasteiger partial charge is 0.396 e. The van der Waals surface area contributed by atoms with Gasteiger partial charge in [0.15, 0.2) is 0 Å². The van der Waals surface area contributed by atoms with Gasteiger partial charge in [-0.25, -0.2) is 0 Å². The fourth-order valence-electron chi connectivity index (χ4n) is 1.90. The molecule has 2 amide bonds. The molecule has 0 bridgehead atoms. The summed E-state index contributed by atoms with van der Waals surface area (Å²) >= 11 is 0. The van der Waals surface area contributed by atoms with E-state index in [1.807, 2.05) is 0 Å². The Balaban J connectivity index is 1.95. The van der Waals surface area contributed by atoms with E-state index in [-0.39, 0.29) is 18.4 Å². The van der Waals surface area contributed by atoms with Crippen LogP contribution in [0.25, 0.3) is 0 Å². The highest BCUT2D eigenvalue weighted by molar-refractivity contribution is 6.02. The van der Waals surface area contributed by atoms with Gasteiger partial charge in [0, 0.05) is 24.4 Å². The number of amides is 2. The minimum atomic E-state index is -0.156. The number of fused-ring (bicyclic) bond motifs is 1. The topological polar surface area (TPSA) is 78.4 Å². The Bertz CT molecular complexity index is 471. The summed E-state index contributed by atoms with van der Waals surface area (Å²) in [5, 5.41) is 14.1. The lowest BCUT2D eigenvalue weighted by atomic mass is 10.1. The van der Waals surface area contributed by atoms with Crippen LogP contribution in [0, 0.1) is 0 Å². The molecule has 0 aliphatic carbocycles. The van der Waals surface area contributed by atoms with Crippen molar-refractivity contribution in [3.05, 3.63) is 29.3 Å². The van der Waals surface area contributed by atoms with E-state index in [1.165, 1.54) is 0 Å². The number of hydrogen-bond acceptors (Lipinski definition) is 3. The zero-order valence-electron chi connectivity index (χ0n) is 10.0. The molecule has 0 saturated carbocycles. The first-order valence-electron chi connectivity index (χ1n) is 6.02. The molecule has 1 aliphatic heterocycles. The van der Waals surface area contributed by atoms with Crippen LogP contribution in [0.1, 0.15) is 28.8 Å². The maximum absolute atomic E-state index is 11.8. The Morgan fingerprint density at radius 2 is 2.22 bits per heavy atom. The van der Waals surface area contributed by atoms with Crippen molar-refractivity contribution in [2.75, 3.05) is 18.5 Å². The number of unbranched alkanes of at least 4 members (excludes halogenated alkanes) is 1. The monoisotopic (exact) mass is 248 g/mol. The first-order valence-corrected chi connectivity index (χ1v) is 6.02. The Labute approximate surface area is 105 Å². The van der Waals surface area contributed by atoms with Crippen LogP contribution in [0.2, 0.25) is 0 Å². The summed E-state index contributed by atoms with van der Waals surface area (Å²) in [5.41, 5.74) is 2.19. The molecule has 3 N–H and O–H groups in total. The number of aliphatic hydroxyl groups is 1. The van der Waals surface area contributed by atoms with Crippen molar-refractivity contribution < 1.29 is 14.7 Å². The highest BCUT2D eigenvalue weighted by atomic mass is 16.3. The van der Waals surface area contributed by atoms with Gasteiger partial charge in [0.1, 0.15) is 0 Å². The fraction of sp³-hybridized carbons (Fsp3) is 0.385. The Morgan fingerprint density at radius 3 is 3.00 bits per heavy atom. The molecule has 0 radical (unpaired) electrons. The van der Waals surface area contributed by atoms with Gasteiger partial charge in [-0.05, 0) is 30.5 Å². The lowest BCUT2D eigenvalue weighted by Crippen LogP contribution is -2.24. The van der Waals surface area contributed by atoms with Crippen LogP contribution in [0.15, 0.2) is 18.2 Å². The van der Waals surface area contributed by atoms with Crippen molar-refractivity contribution in [2.45, 2.75) is 19.3 Å². The van der Waals surface area contributed by atoms with E-state index < -0.39 is 0 Å². The number of anilines is 1. The van der Waals surface area contributed by atoms with Crippen molar-refractivity contribution >= 4 is 17.5 Å².